The smallest absolute Gasteiger partial charge is 0.338 e. The number of benzene rings is 1. The van der Waals surface area contributed by atoms with E-state index in [0.717, 1.165) is 11.1 Å². The van der Waals surface area contributed by atoms with Gasteiger partial charge in [0, 0.05) is 12.6 Å². The van der Waals surface area contributed by atoms with Crippen LogP contribution in [0.3, 0.4) is 0 Å². The number of nitrogens with zero attached hydrogens (tertiary/aromatic N) is 1. The molecule has 0 saturated heterocycles. The number of hydrogen-bond acceptors (Lipinski definition) is 4. The van der Waals surface area contributed by atoms with Crippen LogP contribution in [0.5, 0.6) is 0 Å². The van der Waals surface area contributed by atoms with Gasteiger partial charge in [0.05, 0.1) is 11.6 Å². The summed E-state index contributed by atoms with van der Waals surface area (Å²) < 4.78 is 5.26. The Balaban J connectivity index is 2.57. The van der Waals surface area contributed by atoms with Gasteiger partial charge in [-0.05, 0) is 35.7 Å². The van der Waals surface area contributed by atoms with Crippen molar-refractivity contribution in [3.63, 3.8) is 0 Å². The fourth-order valence-corrected chi connectivity index (χ4v) is 3.41. The maximum Gasteiger partial charge on any atom is 0.338 e. The first-order valence-electron chi connectivity index (χ1n) is 8.78. The number of rotatable bonds is 4. The van der Waals surface area contributed by atoms with Gasteiger partial charge in [-0.1, -0.05) is 57.7 Å². The van der Waals surface area contributed by atoms with E-state index in [1.54, 1.807) is 6.92 Å². The predicted octanol–water partition coefficient (Wildman–Crippen LogP) is 3.77. The van der Waals surface area contributed by atoms with Crippen LogP contribution in [-0.2, 0) is 19.7 Å². The van der Waals surface area contributed by atoms with E-state index in [1.807, 2.05) is 24.3 Å². The highest BCUT2D eigenvalue weighted by Crippen LogP contribution is 2.35. The van der Waals surface area contributed by atoms with E-state index in [4.69, 9.17) is 17.0 Å². The van der Waals surface area contributed by atoms with Crippen LogP contribution in [-0.4, -0.2) is 28.5 Å². The van der Waals surface area contributed by atoms with E-state index in [-0.39, 0.29) is 23.0 Å². The SMILES string of the molecule is C=CCOC(=O)C1=C(C)NC(=S)N(C(C)=O)[C@H]1c1ccc(C(C)(C)C)cc1. The first-order valence-corrected chi connectivity index (χ1v) is 9.18. The number of thiocarbonyl (C=S) groups is 1. The third kappa shape index (κ3) is 4.45. The minimum Gasteiger partial charge on any atom is -0.458 e. The summed E-state index contributed by atoms with van der Waals surface area (Å²) in [5, 5.41) is 3.21. The molecule has 2 rings (SSSR count). The molecule has 1 amide bonds. The molecule has 1 heterocycles. The van der Waals surface area contributed by atoms with Gasteiger partial charge in [0.15, 0.2) is 5.11 Å². The Morgan fingerprint density at radius 1 is 1.30 bits per heavy atom. The highest BCUT2D eigenvalue weighted by molar-refractivity contribution is 7.80. The lowest BCUT2D eigenvalue weighted by atomic mass is 9.85. The van der Waals surface area contributed by atoms with Crippen molar-refractivity contribution in [1.82, 2.24) is 10.2 Å². The molecule has 0 unspecified atom stereocenters. The van der Waals surface area contributed by atoms with Crippen molar-refractivity contribution < 1.29 is 14.3 Å². The minimum absolute atomic E-state index is 0.000306. The van der Waals surface area contributed by atoms with Crippen molar-refractivity contribution >= 4 is 29.2 Å². The van der Waals surface area contributed by atoms with Gasteiger partial charge in [0.1, 0.15) is 6.61 Å². The second-order valence-corrected chi connectivity index (χ2v) is 7.91. The summed E-state index contributed by atoms with van der Waals surface area (Å²) in [6, 6.07) is 7.26. The zero-order valence-corrected chi connectivity index (χ0v) is 17.3. The van der Waals surface area contributed by atoms with Crippen LogP contribution < -0.4 is 5.32 Å². The summed E-state index contributed by atoms with van der Waals surface area (Å²) in [5.41, 5.74) is 2.90. The molecule has 0 aromatic heterocycles. The van der Waals surface area contributed by atoms with E-state index in [1.165, 1.54) is 17.9 Å². The number of ether oxygens (including phenoxy) is 1. The number of carbonyl (C=O) groups excluding carboxylic acids is 2. The van der Waals surface area contributed by atoms with Crippen molar-refractivity contribution in [3.05, 3.63) is 59.3 Å². The van der Waals surface area contributed by atoms with Crippen LogP contribution >= 0.6 is 12.2 Å². The highest BCUT2D eigenvalue weighted by atomic mass is 32.1. The maximum atomic E-state index is 12.7. The summed E-state index contributed by atoms with van der Waals surface area (Å²) in [7, 11) is 0. The molecule has 1 aromatic rings. The van der Waals surface area contributed by atoms with Crippen LogP contribution in [0.15, 0.2) is 48.2 Å². The second kappa shape index (κ2) is 8.05. The van der Waals surface area contributed by atoms with E-state index in [0.29, 0.717) is 11.3 Å². The quantitative estimate of drug-likeness (QED) is 0.485. The third-order valence-electron chi connectivity index (χ3n) is 4.43. The summed E-state index contributed by atoms with van der Waals surface area (Å²) in [4.78, 5) is 26.4. The molecule has 1 aromatic carbocycles. The van der Waals surface area contributed by atoms with E-state index in [2.05, 4.69) is 32.7 Å². The fraction of sp³-hybridized carbons (Fsp3) is 0.381. The number of nitrogens with one attached hydrogen (secondary N) is 1. The summed E-state index contributed by atoms with van der Waals surface area (Å²) in [5.74, 6) is -0.752. The predicted molar refractivity (Wildman–Crippen MR) is 110 cm³/mol. The van der Waals surface area contributed by atoms with Crippen LogP contribution in [0.1, 0.15) is 51.8 Å². The zero-order valence-electron chi connectivity index (χ0n) is 16.5. The molecule has 0 fully saturated rings. The van der Waals surface area contributed by atoms with Crippen LogP contribution in [0, 0.1) is 0 Å². The van der Waals surface area contributed by atoms with Gasteiger partial charge in [-0.3, -0.25) is 9.69 Å². The van der Waals surface area contributed by atoms with Crippen molar-refractivity contribution in [2.24, 2.45) is 0 Å². The Morgan fingerprint density at radius 3 is 2.37 bits per heavy atom. The fourth-order valence-electron chi connectivity index (χ4n) is 3.02. The van der Waals surface area contributed by atoms with Crippen molar-refractivity contribution in [2.75, 3.05) is 6.61 Å². The number of allylic oxidation sites excluding steroid dienone is 1. The molecule has 0 spiro atoms. The largest absolute Gasteiger partial charge is 0.458 e. The van der Waals surface area contributed by atoms with Crippen molar-refractivity contribution in [3.8, 4) is 0 Å². The molecule has 1 aliphatic rings. The van der Waals surface area contributed by atoms with E-state index in [9.17, 15) is 9.59 Å². The molecule has 6 heteroatoms. The zero-order chi connectivity index (χ0) is 20.4. The lowest BCUT2D eigenvalue weighted by Crippen LogP contribution is -2.50. The monoisotopic (exact) mass is 386 g/mol. The van der Waals surface area contributed by atoms with E-state index >= 15 is 0 Å². The highest BCUT2D eigenvalue weighted by Gasteiger charge is 2.39. The first-order chi connectivity index (χ1) is 12.6. The molecule has 0 saturated carbocycles. The topological polar surface area (TPSA) is 58.6 Å². The second-order valence-electron chi connectivity index (χ2n) is 7.52. The standard InChI is InChI=1S/C21H26N2O3S/c1-7-12-26-19(25)17-13(2)22-20(27)23(14(3)24)18(17)15-8-10-16(11-9-15)21(4,5)6/h7-11,18H,1,12H2,2-6H3,(H,22,27)/t18-/m0/s1. The van der Waals surface area contributed by atoms with E-state index < -0.39 is 12.0 Å². The molecule has 27 heavy (non-hydrogen) atoms. The van der Waals surface area contributed by atoms with Gasteiger partial charge in [-0.15, -0.1) is 0 Å². The van der Waals surface area contributed by atoms with Gasteiger partial charge in [-0.25, -0.2) is 4.79 Å². The summed E-state index contributed by atoms with van der Waals surface area (Å²) in [6.45, 7) is 13.2. The summed E-state index contributed by atoms with van der Waals surface area (Å²) in [6.07, 6.45) is 1.50. The molecule has 0 radical (unpaired) electrons. The van der Waals surface area contributed by atoms with Gasteiger partial charge < -0.3 is 10.1 Å². The molecular formula is C21H26N2O3S. The van der Waals surface area contributed by atoms with Crippen molar-refractivity contribution in [2.45, 2.75) is 46.1 Å². The molecule has 1 N–H and O–H groups in total. The summed E-state index contributed by atoms with van der Waals surface area (Å²) >= 11 is 5.36. The number of esters is 1. The lowest BCUT2D eigenvalue weighted by molar-refractivity contribution is -0.139. The average molecular weight is 387 g/mol. The molecule has 0 bridgehead atoms. The minimum atomic E-state index is -0.636. The maximum absolute atomic E-state index is 12.7. The van der Waals surface area contributed by atoms with Gasteiger partial charge >= 0.3 is 5.97 Å². The van der Waals surface area contributed by atoms with Crippen LogP contribution in [0.2, 0.25) is 0 Å². The van der Waals surface area contributed by atoms with Gasteiger partial charge in [0.25, 0.3) is 0 Å². The van der Waals surface area contributed by atoms with Crippen LogP contribution in [0.25, 0.3) is 0 Å². The first kappa shape index (κ1) is 20.8. The molecule has 0 aliphatic carbocycles. The normalized spacial score (nSPS) is 17.4. The van der Waals surface area contributed by atoms with Crippen LogP contribution in [0.4, 0.5) is 0 Å². The number of hydrogen-bond donors (Lipinski definition) is 1. The third-order valence-corrected chi connectivity index (χ3v) is 4.73. The Morgan fingerprint density at radius 2 is 1.89 bits per heavy atom. The van der Waals surface area contributed by atoms with Gasteiger partial charge in [-0.2, -0.15) is 0 Å². The number of carbonyl (C=O) groups is 2. The Labute approximate surface area is 166 Å². The number of amides is 1. The van der Waals surface area contributed by atoms with Gasteiger partial charge in [0.2, 0.25) is 5.91 Å². The molecular weight excluding hydrogens is 360 g/mol. The Hall–Kier alpha value is -2.47. The Bertz CT molecular complexity index is 804. The van der Waals surface area contributed by atoms with Crippen molar-refractivity contribution in [1.29, 1.82) is 0 Å². The average Bonchev–Trinajstić information content (AvgIpc) is 2.58. The Kier molecular flexibility index (Phi) is 6.21. The molecule has 1 aliphatic heterocycles. The molecule has 144 valence electrons. The molecule has 5 nitrogen and oxygen atoms in total. The lowest BCUT2D eigenvalue weighted by Gasteiger charge is -2.38. The molecule has 1 atom stereocenters.